The standard InChI is InChI=1S/C29H31N5O2/c1-4-28-12-13-29(34-28,18-27(3,19-30)26(35)36-5-2)17-25-11-9-23(33-25)15-21-7-6-20(31-21)14-22-8-10-24(16-28)32-22/h6-16,32-34H,4-5,17-18H2,1-3H3. The maximum atomic E-state index is 12.9. The van der Waals surface area contributed by atoms with Crippen LogP contribution in [0.25, 0.3) is 18.2 Å². The van der Waals surface area contributed by atoms with Gasteiger partial charge in [-0.1, -0.05) is 19.1 Å². The van der Waals surface area contributed by atoms with Crippen LogP contribution in [0.4, 0.5) is 0 Å². The molecule has 3 N–H and O–H groups in total. The molecule has 0 saturated carbocycles. The van der Waals surface area contributed by atoms with Crippen molar-refractivity contribution in [1.29, 1.82) is 5.26 Å². The Balaban J connectivity index is 1.63. The van der Waals surface area contributed by atoms with Gasteiger partial charge in [0.1, 0.15) is 0 Å². The van der Waals surface area contributed by atoms with Gasteiger partial charge in [0.05, 0.1) is 29.6 Å². The number of allylic oxidation sites excluding steroid dienone is 2. The number of hydrogen-bond donors (Lipinski definition) is 3. The predicted octanol–water partition coefficient (Wildman–Crippen LogP) is 3.04. The van der Waals surface area contributed by atoms with Gasteiger partial charge in [0.25, 0.3) is 0 Å². The molecule has 7 nitrogen and oxygen atoms in total. The summed E-state index contributed by atoms with van der Waals surface area (Å²) in [6.45, 7) is 5.79. The topological polar surface area (TPSA) is 106 Å². The van der Waals surface area contributed by atoms with Crippen LogP contribution in [0.3, 0.4) is 0 Å². The molecule has 7 heteroatoms. The number of fused-ring (bicyclic) bond motifs is 7. The number of aliphatic imine (C=N–C) groups is 1. The van der Waals surface area contributed by atoms with Crippen LogP contribution in [-0.4, -0.2) is 39.3 Å². The summed E-state index contributed by atoms with van der Waals surface area (Å²) < 4.78 is 5.30. The van der Waals surface area contributed by atoms with E-state index in [1.54, 1.807) is 13.8 Å². The van der Waals surface area contributed by atoms with Crippen molar-refractivity contribution in [3.8, 4) is 6.07 Å². The first-order valence-electron chi connectivity index (χ1n) is 12.4. The number of nitrogens with one attached hydrogen (secondary N) is 3. The van der Waals surface area contributed by atoms with Crippen LogP contribution in [0.15, 0.2) is 59.3 Å². The van der Waals surface area contributed by atoms with Crippen LogP contribution < -0.4 is 16.0 Å². The molecule has 0 saturated heterocycles. The molecule has 2 aromatic heterocycles. The fourth-order valence-electron chi connectivity index (χ4n) is 5.33. The molecule has 0 radical (unpaired) electrons. The van der Waals surface area contributed by atoms with E-state index < -0.39 is 22.5 Å². The molecule has 0 aromatic carbocycles. The molecule has 36 heavy (non-hydrogen) atoms. The maximum absolute atomic E-state index is 12.9. The van der Waals surface area contributed by atoms with Gasteiger partial charge in [0.2, 0.25) is 0 Å². The second-order valence-electron chi connectivity index (χ2n) is 10.1. The first-order valence-corrected chi connectivity index (χ1v) is 12.4. The van der Waals surface area contributed by atoms with Crippen LogP contribution >= 0.6 is 0 Å². The molecule has 2 aromatic rings. The third-order valence-electron chi connectivity index (χ3n) is 7.12. The van der Waals surface area contributed by atoms with Crippen LogP contribution in [0.2, 0.25) is 0 Å². The van der Waals surface area contributed by atoms with Gasteiger partial charge < -0.3 is 14.7 Å². The van der Waals surface area contributed by atoms with Crippen molar-refractivity contribution in [1.82, 2.24) is 15.3 Å². The lowest BCUT2D eigenvalue weighted by atomic mass is 9.76. The summed E-state index contributed by atoms with van der Waals surface area (Å²) in [6, 6.07) is 10.4. The van der Waals surface area contributed by atoms with E-state index in [1.807, 2.05) is 36.4 Å². The zero-order valence-electron chi connectivity index (χ0n) is 20.9. The quantitative estimate of drug-likeness (QED) is 0.451. The minimum atomic E-state index is -1.30. The molecular weight excluding hydrogens is 450 g/mol. The van der Waals surface area contributed by atoms with E-state index in [-0.39, 0.29) is 13.0 Å². The van der Waals surface area contributed by atoms with Crippen LogP contribution in [0, 0.1) is 16.7 Å². The van der Waals surface area contributed by atoms with Gasteiger partial charge in [-0.3, -0.25) is 10.1 Å². The SMILES string of the molecule is CCOC(=O)C(C)(C#N)CC12C=CC(CC)(C=c3ccc([nH]3)=CC3=NC(=Cc4ccc([nH]4)C1)C=C3)N2. The Labute approximate surface area is 210 Å². The molecule has 8 bridgehead atoms. The summed E-state index contributed by atoms with van der Waals surface area (Å²) in [5.41, 5.74) is 1.33. The molecule has 0 fully saturated rings. The zero-order chi connectivity index (χ0) is 25.4. The highest BCUT2D eigenvalue weighted by molar-refractivity contribution is 6.19. The lowest BCUT2D eigenvalue weighted by molar-refractivity contribution is -0.152. The molecule has 0 spiro atoms. The van der Waals surface area contributed by atoms with Crippen molar-refractivity contribution < 1.29 is 9.53 Å². The summed E-state index contributed by atoms with van der Waals surface area (Å²) in [7, 11) is 0. The molecular formula is C29H31N5O2. The Morgan fingerprint density at radius 2 is 1.97 bits per heavy atom. The number of nitrogens with zero attached hydrogens (tertiary/aromatic N) is 2. The fraction of sp³-hybridized carbons (Fsp3) is 0.345. The molecule has 0 amide bonds. The first kappa shape index (κ1) is 23.8. The molecule has 3 aliphatic rings. The average Bonchev–Trinajstić information content (AvgIpc) is 3.64. The van der Waals surface area contributed by atoms with Gasteiger partial charge in [-0.05, 0) is 81.3 Å². The van der Waals surface area contributed by atoms with E-state index in [2.05, 4.69) is 58.6 Å². The van der Waals surface area contributed by atoms with E-state index in [4.69, 9.17) is 9.73 Å². The number of esters is 1. The van der Waals surface area contributed by atoms with Crippen molar-refractivity contribution in [2.75, 3.05) is 6.61 Å². The molecule has 0 aliphatic carbocycles. The molecule has 3 atom stereocenters. The average molecular weight is 482 g/mol. The van der Waals surface area contributed by atoms with Crippen molar-refractivity contribution in [2.24, 2.45) is 10.4 Å². The monoisotopic (exact) mass is 481 g/mol. The smallest absolute Gasteiger partial charge is 0.326 e. The summed E-state index contributed by atoms with van der Waals surface area (Å²) in [6.07, 6.45) is 16.2. The first-order chi connectivity index (χ1) is 17.3. The van der Waals surface area contributed by atoms with Crippen molar-refractivity contribution in [3.63, 3.8) is 0 Å². The van der Waals surface area contributed by atoms with E-state index >= 15 is 0 Å². The third kappa shape index (κ3) is 4.52. The number of aromatic nitrogens is 2. The Bertz CT molecular complexity index is 1480. The second-order valence-corrected chi connectivity index (χ2v) is 10.1. The van der Waals surface area contributed by atoms with Crippen molar-refractivity contribution in [3.05, 3.63) is 76.4 Å². The minimum Gasteiger partial charge on any atom is -0.465 e. The van der Waals surface area contributed by atoms with E-state index in [0.717, 1.165) is 39.9 Å². The minimum absolute atomic E-state index is 0.235. The lowest BCUT2D eigenvalue weighted by Crippen LogP contribution is -2.55. The molecule has 5 heterocycles. The van der Waals surface area contributed by atoms with Crippen LogP contribution in [0.1, 0.15) is 45.0 Å². The Morgan fingerprint density at radius 1 is 1.14 bits per heavy atom. The number of H-pyrrole nitrogens is 2. The molecule has 184 valence electrons. The van der Waals surface area contributed by atoms with Gasteiger partial charge in [-0.15, -0.1) is 0 Å². The van der Waals surface area contributed by atoms with Crippen molar-refractivity contribution in [2.45, 2.75) is 51.1 Å². The highest BCUT2D eigenvalue weighted by Crippen LogP contribution is 2.39. The number of carbonyl (C=O) groups is 1. The zero-order valence-corrected chi connectivity index (χ0v) is 20.9. The highest BCUT2D eigenvalue weighted by Gasteiger charge is 2.48. The van der Waals surface area contributed by atoms with Gasteiger partial charge >= 0.3 is 5.97 Å². The number of nitriles is 1. The number of carbonyl (C=O) groups excluding carboxylic acids is 1. The second kappa shape index (κ2) is 8.96. The van der Waals surface area contributed by atoms with Gasteiger partial charge in [0.15, 0.2) is 5.41 Å². The number of rotatable bonds is 5. The summed E-state index contributed by atoms with van der Waals surface area (Å²) >= 11 is 0. The molecule has 3 unspecified atom stereocenters. The van der Waals surface area contributed by atoms with Crippen LogP contribution in [0.5, 0.6) is 0 Å². The predicted molar refractivity (Wildman–Crippen MR) is 141 cm³/mol. The van der Waals surface area contributed by atoms with Crippen molar-refractivity contribution >= 4 is 29.9 Å². The number of aromatic amines is 2. The number of ether oxygens (including phenoxy) is 1. The Morgan fingerprint density at radius 3 is 2.75 bits per heavy atom. The van der Waals surface area contributed by atoms with E-state index in [0.29, 0.717) is 6.42 Å². The van der Waals surface area contributed by atoms with Gasteiger partial charge in [-0.25, -0.2) is 4.99 Å². The Hall–Kier alpha value is -3.89. The Kier molecular flexibility index (Phi) is 5.93. The lowest BCUT2D eigenvalue weighted by Gasteiger charge is -2.38. The normalized spacial score (nSPS) is 25.7. The maximum Gasteiger partial charge on any atom is 0.326 e. The van der Waals surface area contributed by atoms with Crippen LogP contribution in [-0.2, 0) is 16.0 Å². The highest BCUT2D eigenvalue weighted by atomic mass is 16.5. The fourth-order valence-corrected chi connectivity index (χ4v) is 5.33. The third-order valence-corrected chi connectivity index (χ3v) is 7.12. The largest absolute Gasteiger partial charge is 0.465 e. The summed E-state index contributed by atoms with van der Waals surface area (Å²) in [5.74, 6) is -0.495. The van der Waals surface area contributed by atoms with E-state index in [1.165, 1.54) is 0 Å². The molecule has 5 rings (SSSR count). The number of hydrogen-bond acceptors (Lipinski definition) is 5. The summed E-state index contributed by atoms with van der Waals surface area (Å²) in [4.78, 5) is 24.5. The van der Waals surface area contributed by atoms with Gasteiger partial charge in [-0.2, -0.15) is 5.26 Å². The van der Waals surface area contributed by atoms with Gasteiger partial charge in [0, 0.05) is 34.0 Å². The van der Waals surface area contributed by atoms with E-state index in [9.17, 15) is 10.1 Å². The molecule has 3 aliphatic heterocycles. The summed E-state index contributed by atoms with van der Waals surface area (Å²) in [5, 5.41) is 15.9.